The summed E-state index contributed by atoms with van der Waals surface area (Å²) in [6.07, 6.45) is 3.87. The number of nitrogens with one attached hydrogen (secondary N) is 2. The van der Waals surface area contributed by atoms with Crippen molar-refractivity contribution in [3.05, 3.63) is 24.0 Å². The second kappa shape index (κ2) is 9.55. The highest BCUT2D eigenvalue weighted by Crippen LogP contribution is 2.00. The number of methoxy groups -OCH3 is 2. The van der Waals surface area contributed by atoms with Gasteiger partial charge in [-0.25, -0.2) is 0 Å². The van der Waals surface area contributed by atoms with Crippen LogP contribution in [0.25, 0.3) is 0 Å². The van der Waals surface area contributed by atoms with Crippen molar-refractivity contribution in [2.45, 2.75) is 13.1 Å². The standard InChI is InChI=1S/C13H23N3O3/c1-18-7-4-14-9-12-3-6-16(10-12)11-13(17)15-5-8-19-2/h3,6,10,14H,4-5,7-9,11H2,1-2H3,(H,15,17). The van der Waals surface area contributed by atoms with Crippen molar-refractivity contribution in [3.63, 3.8) is 0 Å². The number of amides is 1. The number of nitrogens with zero attached hydrogens (tertiary/aromatic N) is 1. The Morgan fingerprint density at radius 2 is 2.00 bits per heavy atom. The van der Waals surface area contributed by atoms with E-state index in [2.05, 4.69) is 10.6 Å². The highest BCUT2D eigenvalue weighted by molar-refractivity contribution is 5.75. The van der Waals surface area contributed by atoms with Crippen LogP contribution in [0, 0.1) is 0 Å². The Kier molecular flexibility index (Phi) is 7.88. The van der Waals surface area contributed by atoms with Crippen molar-refractivity contribution >= 4 is 5.91 Å². The maximum Gasteiger partial charge on any atom is 0.239 e. The highest BCUT2D eigenvalue weighted by Gasteiger charge is 2.02. The lowest BCUT2D eigenvalue weighted by molar-refractivity contribution is -0.121. The van der Waals surface area contributed by atoms with E-state index < -0.39 is 0 Å². The van der Waals surface area contributed by atoms with E-state index in [1.54, 1.807) is 14.2 Å². The summed E-state index contributed by atoms with van der Waals surface area (Å²) in [7, 11) is 3.29. The van der Waals surface area contributed by atoms with Gasteiger partial charge in [0.2, 0.25) is 5.91 Å². The third kappa shape index (κ3) is 6.95. The van der Waals surface area contributed by atoms with Crippen molar-refractivity contribution in [2.24, 2.45) is 0 Å². The van der Waals surface area contributed by atoms with Crippen LogP contribution < -0.4 is 10.6 Å². The molecule has 0 aliphatic heterocycles. The van der Waals surface area contributed by atoms with E-state index in [0.29, 0.717) is 26.3 Å². The van der Waals surface area contributed by atoms with Gasteiger partial charge < -0.3 is 24.7 Å². The van der Waals surface area contributed by atoms with Crippen molar-refractivity contribution in [3.8, 4) is 0 Å². The third-order valence-electron chi connectivity index (χ3n) is 2.58. The molecule has 1 aromatic rings. The lowest BCUT2D eigenvalue weighted by atomic mass is 10.3. The van der Waals surface area contributed by atoms with Gasteiger partial charge in [0.15, 0.2) is 0 Å². The van der Waals surface area contributed by atoms with E-state index in [0.717, 1.165) is 18.7 Å². The summed E-state index contributed by atoms with van der Waals surface area (Å²) >= 11 is 0. The monoisotopic (exact) mass is 269 g/mol. The number of aromatic nitrogens is 1. The van der Waals surface area contributed by atoms with Crippen LogP contribution in [-0.4, -0.2) is 51.0 Å². The Bertz CT molecular complexity index is 366. The van der Waals surface area contributed by atoms with Crippen LogP contribution in [0.4, 0.5) is 0 Å². The number of hydrogen-bond acceptors (Lipinski definition) is 4. The Morgan fingerprint density at radius 1 is 1.26 bits per heavy atom. The van der Waals surface area contributed by atoms with Crippen LogP contribution in [-0.2, 0) is 27.4 Å². The molecule has 6 nitrogen and oxygen atoms in total. The van der Waals surface area contributed by atoms with E-state index >= 15 is 0 Å². The lowest BCUT2D eigenvalue weighted by Crippen LogP contribution is -2.30. The highest BCUT2D eigenvalue weighted by atomic mass is 16.5. The zero-order valence-corrected chi connectivity index (χ0v) is 11.6. The molecule has 1 rings (SSSR count). The van der Waals surface area contributed by atoms with Crippen LogP contribution in [0.5, 0.6) is 0 Å². The molecule has 0 unspecified atom stereocenters. The smallest absolute Gasteiger partial charge is 0.239 e. The SMILES string of the molecule is COCCNCc1ccn(CC(=O)NCCOC)c1. The fourth-order valence-electron chi connectivity index (χ4n) is 1.61. The van der Waals surface area contributed by atoms with Crippen molar-refractivity contribution in [1.82, 2.24) is 15.2 Å². The molecule has 0 aliphatic carbocycles. The Balaban J connectivity index is 2.24. The van der Waals surface area contributed by atoms with Gasteiger partial charge in [0, 0.05) is 46.2 Å². The van der Waals surface area contributed by atoms with E-state index in [-0.39, 0.29) is 5.91 Å². The van der Waals surface area contributed by atoms with Crippen LogP contribution in [0.15, 0.2) is 18.5 Å². The predicted molar refractivity (Wildman–Crippen MR) is 72.9 cm³/mol. The van der Waals surface area contributed by atoms with Crippen LogP contribution in [0.2, 0.25) is 0 Å². The average molecular weight is 269 g/mol. The van der Waals surface area contributed by atoms with Gasteiger partial charge in [-0.2, -0.15) is 0 Å². The van der Waals surface area contributed by atoms with Gasteiger partial charge >= 0.3 is 0 Å². The summed E-state index contributed by atoms with van der Waals surface area (Å²) in [5, 5.41) is 6.04. The van der Waals surface area contributed by atoms with Gasteiger partial charge in [0.25, 0.3) is 0 Å². The lowest BCUT2D eigenvalue weighted by Gasteiger charge is -2.05. The minimum Gasteiger partial charge on any atom is -0.383 e. The quantitative estimate of drug-likeness (QED) is 0.586. The molecule has 0 aliphatic rings. The molecular weight excluding hydrogens is 246 g/mol. The molecule has 0 radical (unpaired) electrons. The summed E-state index contributed by atoms with van der Waals surface area (Å²) in [4.78, 5) is 11.6. The maximum absolute atomic E-state index is 11.6. The zero-order chi connectivity index (χ0) is 13.9. The molecule has 2 N–H and O–H groups in total. The molecular formula is C13H23N3O3. The summed E-state index contributed by atoms with van der Waals surface area (Å²) in [5.74, 6) is -0.00783. The van der Waals surface area contributed by atoms with Gasteiger partial charge in [-0.1, -0.05) is 0 Å². The fraction of sp³-hybridized carbons (Fsp3) is 0.615. The van der Waals surface area contributed by atoms with Gasteiger partial charge in [-0.05, 0) is 11.6 Å². The minimum atomic E-state index is -0.00783. The maximum atomic E-state index is 11.6. The molecule has 108 valence electrons. The van der Waals surface area contributed by atoms with Gasteiger partial charge in [-0.15, -0.1) is 0 Å². The normalized spacial score (nSPS) is 10.6. The van der Waals surface area contributed by atoms with Crippen molar-refractivity contribution in [2.75, 3.05) is 40.5 Å². The predicted octanol–water partition coefficient (Wildman–Crippen LogP) is -0.0133. The summed E-state index contributed by atoms with van der Waals surface area (Å²) in [6.45, 7) is 3.71. The average Bonchev–Trinajstić information content (AvgIpc) is 2.82. The molecule has 6 heteroatoms. The van der Waals surface area contributed by atoms with E-state index in [1.807, 2.05) is 23.0 Å². The minimum absolute atomic E-state index is 0.00783. The molecule has 1 amide bonds. The second-order valence-corrected chi connectivity index (χ2v) is 4.20. The molecule has 0 atom stereocenters. The molecule has 1 aromatic heterocycles. The molecule has 1 heterocycles. The number of rotatable bonds is 10. The molecule has 0 bridgehead atoms. The van der Waals surface area contributed by atoms with Gasteiger partial charge in [0.05, 0.1) is 13.2 Å². The molecule has 0 fully saturated rings. The van der Waals surface area contributed by atoms with E-state index in [4.69, 9.17) is 9.47 Å². The summed E-state index contributed by atoms with van der Waals surface area (Å²) < 4.78 is 11.7. The third-order valence-corrected chi connectivity index (χ3v) is 2.58. The van der Waals surface area contributed by atoms with Crippen LogP contribution in [0.1, 0.15) is 5.56 Å². The van der Waals surface area contributed by atoms with Crippen molar-refractivity contribution in [1.29, 1.82) is 0 Å². The Labute approximate surface area is 114 Å². The molecule has 0 saturated heterocycles. The molecule has 0 spiro atoms. The van der Waals surface area contributed by atoms with Gasteiger partial charge in [0.1, 0.15) is 6.54 Å². The molecule has 0 saturated carbocycles. The first-order chi connectivity index (χ1) is 9.26. The number of carbonyl (C=O) groups is 1. The van der Waals surface area contributed by atoms with Crippen LogP contribution in [0.3, 0.4) is 0 Å². The summed E-state index contributed by atoms with van der Waals surface area (Å²) in [5.41, 5.74) is 1.15. The Hall–Kier alpha value is -1.37. The number of carbonyl (C=O) groups excluding carboxylic acids is 1. The number of ether oxygens (including phenoxy) is 2. The van der Waals surface area contributed by atoms with E-state index in [9.17, 15) is 4.79 Å². The van der Waals surface area contributed by atoms with Crippen molar-refractivity contribution < 1.29 is 14.3 Å². The van der Waals surface area contributed by atoms with Crippen LogP contribution >= 0.6 is 0 Å². The van der Waals surface area contributed by atoms with E-state index in [1.165, 1.54) is 0 Å². The number of hydrogen-bond donors (Lipinski definition) is 2. The first-order valence-electron chi connectivity index (χ1n) is 6.36. The largest absolute Gasteiger partial charge is 0.383 e. The topological polar surface area (TPSA) is 64.5 Å². The fourth-order valence-corrected chi connectivity index (χ4v) is 1.61. The zero-order valence-electron chi connectivity index (χ0n) is 11.6. The molecule has 0 aromatic carbocycles. The van der Waals surface area contributed by atoms with Gasteiger partial charge in [-0.3, -0.25) is 4.79 Å². The second-order valence-electron chi connectivity index (χ2n) is 4.20. The Morgan fingerprint density at radius 3 is 2.74 bits per heavy atom. The molecule has 19 heavy (non-hydrogen) atoms. The first-order valence-corrected chi connectivity index (χ1v) is 6.36. The first kappa shape index (κ1) is 15.7. The summed E-state index contributed by atoms with van der Waals surface area (Å²) in [6, 6.07) is 2.00.